The number of halogens is 1. The molecule has 0 aliphatic rings. The highest BCUT2D eigenvalue weighted by atomic mass is 19.1. The first kappa shape index (κ1) is 19.7. The molecule has 0 saturated carbocycles. The number of carbonyl (C=O) groups is 1. The van der Waals surface area contributed by atoms with Crippen LogP contribution in [0.5, 0.6) is 11.5 Å². The first-order valence-electron chi connectivity index (χ1n) is 8.40. The molecule has 0 aliphatic heterocycles. The molecular formula is C20H23FO5. The van der Waals surface area contributed by atoms with Gasteiger partial charge in [-0.05, 0) is 48.7 Å². The Hall–Kier alpha value is -2.60. The largest absolute Gasteiger partial charge is 0.486 e. The lowest BCUT2D eigenvalue weighted by Crippen LogP contribution is -2.05. The molecule has 2 aromatic rings. The molecule has 0 amide bonds. The summed E-state index contributed by atoms with van der Waals surface area (Å²) in [6.07, 6.45) is 0.649. The summed E-state index contributed by atoms with van der Waals surface area (Å²) in [6.45, 7) is 2.47. The van der Waals surface area contributed by atoms with E-state index in [-0.39, 0.29) is 31.5 Å². The minimum Gasteiger partial charge on any atom is -0.486 e. The van der Waals surface area contributed by atoms with Crippen LogP contribution in [-0.2, 0) is 27.3 Å². The number of carbonyl (C=O) groups excluding carboxylic acids is 1. The van der Waals surface area contributed by atoms with Crippen LogP contribution >= 0.6 is 0 Å². The van der Waals surface area contributed by atoms with Gasteiger partial charge in [0, 0.05) is 13.5 Å². The summed E-state index contributed by atoms with van der Waals surface area (Å²) in [5, 5.41) is 0. The van der Waals surface area contributed by atoms with Gasteiger partial charge >= 0.3 is 5.97 Å². The van der Waals surface area contributed by atoms with Crippen LogP contribution in [0.15, 0.2) is 42.5 Å². The van der Waals surface area contributed by atoms with Crippen molar-refractivity contribution in [3.8, 4) is 11.5 Å². The number of aryl methyl sites for hydroxylation is 1. The van der Waals surface area contributed by atoms with Crippen LogP contribution in [0.4, 0.5) is 4.39 Å². The van der Waals surface area contributed by atoms with E-state index in [4.69, 9.17) is 18.9 Å². The predicted octanol–water partition coefficient (Wildman–Crippen LogP) is 3.88. The van der Waals surface area contributed by atoms with Crippen LogP contribution in [0.25, 0.3) is 0 Å². The first-order chi connectivity index (χ1) is 12.6. The Labute approximate surface area is 152 Å². The predicted molar refractivity (Wildman–Crippen MR) is 94.6 cm³/mol. The first-order valence-corrected chi connectivity index (χ1v) is 8.40. The van der Waals surface area contributed by atoms with Crippen molar-refractivity contribution in [1.82, 2.24) is 0 Å². The molecule has 140 valence electrons. The molecule has 2 rings (SSSR count). The minimum absolute atomic E-state index is 0.159. The van der Waals surface area contributed by atoms with Gasteiger partial charge in [-0.1, -0.05) is 18.2 Å². The third kappa shape index (κ3) is 6.37. The molecule has 0 bridgehead atoms. The van der Waals surface area contributed by atoms with Gasteiger partial charge in [0.1, 0.15) is 12.4 Å². The van der Waals surface area contributed by atoms with Crippen LogP contribution in [0.2, 0.25) is 0 Å². The fourth-order valence-electron chi connectivity index (χ4n) is 2.31. The Balaban J connectivity index is 1.90. The van der Waals surface area contributed by atoms with Gasteiger partial charge < -0.3 is 18.9 Å². The second-order valence-corrected chi connectivity index (χ2v) is 5.56. The topological polar surface area (TPSA) is 54.0 Å². The van der Waals surface area contributed by atoms with Crippen LogP contribution < -0.4 is 9.47 Å². The van der Waals surface area contributed by atoms with Crippen molar-refractivity contribution in [3.63, 3.8) is 0 Å². The summed E-state index contributed by atoms with van der Waals surface area (Å²) in [5.74, 6) is 0.0674. The van der Waals surface area contributed by atoms with Gasteiger partial charge in [-0.15, -0.1) is 0 Å². The Morgan fingerprint density at radius 1 is 1.08 bits per heavy atom. The molecule has 0 atom stereocenters. The zero-order valence-corrected chi connectivity index (χ0v) is 15.0. The molecule has 26 heavy (non-hydrogen) atoms. The van der Waals surface area contributed by atoms with E-state index in [9.17, 15) is 9.18 Å². The van der Waals surface area contributed by atoms with Crippen molar-refractivity contribution in [1.29, 1.82) is 0 Å². The molecule has 2 aromatic carbocycles. The highest BCUT2D eigenvalue weighted by molar-refractivity contribution is 5.69. The fraction of sp³-hybridized carbons (Fsp3) is 0.350. The molecule has 0 radical (unpaired) electrons. The number of hydrogen-bond acceptors (Lipinski definition) is 5. The Kier molecular flexibility index (Phi) is 7.89. The van der Waals surface area contributed by atoms with E-state index in [1.165, 1.54) is 6.07 Å². The van der Waals surface area contributed by atoms with Gasteiger partial charge in [-0.25, -0.2) is 4.39 Å². The van der Waals surface area contributed by atoms with Crippen LogP contribution in [-0.4, -0.2) is 26.5 Å². The van der Waals surface area contributed by atoms with Gasteiger partial charge in [-0.2, -0.15) is 0 Å². The smallest absolute Gasteiger partial charge is 0.306 e. The maximum Gasteiger partial charge on any atom is 0.306 e. The fourth-order valence-corrected chi connectivity index (χ4v) is 2.31. The molecule has 0 saturated heterocycles. The van der Waals surface area contributed by atoms with E-state index in [2.05, 4.69) is 0 Å². The minimum atomic E-state index is -0.460. The molecule has 0 fully saturated rings. The van der Waals surface area contributed by atoms with Crippen molar-refractivity contribution in [3.05, 3.63) is 59.4 Å². The number of hydrogen-bond donors (Lipinski definition) is 0. The van der Waals surface area contributed by atoms with E-state index in [1.807, 2.05) is 18.2 Å². The lowest BCUT2D eigenvalue weighted by Gasteiger charge is -2.10. The lowest BCUT2D eigenvalue weighted by atomic mass is 10.1. The van der Waals surface area contributed by atoms with Crippen LogP contribution in [0.1, 0.15) is 24.5 Å². The van der Waals surface area contributed by atoms with Crippen molar-refractivity contribution in [2.45, 2.75) is 26.4 Å². The SMILES string of the molecule is CCOC(=O)CCc1ccc(OCc2cccc(OCOC)c2)c(F)c1. The molecule has 0 aromatic heterocycles. The molecule has 0 N–H and O–H groups in total. The van der Waals surface area contributed by atoms with E-state index in [0.29, 0.717) is 18.8 Å². The summed E-state index contributed by atoms with van der Waals surface area (Å²) >= 11 is 0. The lowest BCUT2D eigenvalue weighted by molar-refractivity contribution is -0.143. The van der Waals surface area contributed by atoms with E-state index >= 15 is 0 Å². The molecule has 0 spiro atoms. The zero-order valence-electron chi connectivity index (χ0n) is 15.0. The van der Waals surface area contributed by atoms with Gasteiger partial charge in [0.15, 0.2) is 18.4 Å². The Morgan fingerprint density at radius 3 is 2.65 bits per heavy atom. The maximum atomic E-state index is 14.2. The van der Waals surface area contributed by atoms with Crippen molar-refractivity contribution in [2.24, 2.45) is 0 Å². The average molecular weight is 362 g/mol. The van der Waals surface area contributed by atoms with E-state index < -0.39 is 5.82 Å². The van der Waals surface area contributed by atoms with Gasteiger partial charge in [0.05, 0.1) is 6.61 Å². The third-order valence-electron chi connectivity index (χ3n) is 3.56. The number of esters is 1. The van der Waals surface area contributed by atoms with E-state index in [0.717, 1.165) is 11.1 Å². The van der Waals surface area contributed by atoms with E-state index in [1.54, 1.807) is 32.2 Å². The van der Waals surface area contributed by atoms with Gasteiger partial charge in [0.25, 0.3) is 0 Å². The third-order valence-corrected chi connectivity index (χ3v) is 3.56. The highest BCUT2D eigenvalue weighted by Gasteiger charge is 2.08. The van der Waals surface area contributed by atoms with Crippen molar-refractivity contribution >= 4 is 5.97 Å². The van der Waals surface area contributed by atoms with Gasteiger partial charge in [-0.3, -0.25) is 4.79 Å². The Morgan fingerprint density at radius 2 is 1.92 bits per heavy atom. The monoisotopic (exact) mass is 362 g/mol. The summed E-state index contributed by atoms with van der Waals surface area (Å²) < 4.78 is 34.8. The number of methoxy groups -OCH3 is 1. The second kappa shape index (κ2) is 10.4. The molecule has 0 aliphatic carbocycles. The Bertz CT molecular complexity index is 717. The summed E-state index contributed by atoms with van der Waals surface area (Å²) in [5.41, 5.74) is 1.57. The average Bonchev–Trinajstić information content (AvgIpc) is 2.64. The van der Waals surface area contributed by atoms with Crippen molar-refractivity contribution < 1.29 is 28.1 Å². The van der Waals surface area contributed by atoms with Crippen LogP contribution in [0, 0.1) is 5.82 Å². The highest BCUT2D eigenvalue weighted by Crippen LogP contribution is 2.21. The number of ether oxygens (including phenoxy) is 4. The quantitative estimate of drug-likeness (QED) is 0.474. The molecule has 5 nitrogen and oxygen atoms in total. The number of benzene rings is 2. The van der Waals surface area contributed by atoms with Gasteiger partial charge in [0.2, 0.25) is 0 Å². The normalized spacial score (nSPS) is 10.4. The second-order valence-electron chi connectivity index (χ2n) is 5.56. The summed E-state index contributed by atoms with van der Waals surface area (Å²) in [4.78, 5) is 11.4. The number of rotatable bonds is 10. The molecule has 6 heteroatoms. The van der Waals surface area contributed by atoms with Crippen LogP contribution in [0.3, 0.4) is 0 Å². The van der Waals surface area contributed by atoms with Crippen molar-refractivity contribution in [2.75, 3.05) is 20.5 Å². The molecular weight excluding hydrogens is 339 g/mol. The summed E-state index contributed by atoms with van der Waals surface area (Å²) in [7, 11) is 1.55. The summed E-state index contributed by atoms with van der Waals surface area (Å²) in [6, 6.07) is 12.0. The zero-order chi connectivity index (χ0) is 18.8. The standard InChI is InChI=1S/C20H23FO5/c1-3-24-20(22)10-8-15-7-9-19(18(21)12-15)25-13-16-5-4-6-17(11-16)26-14-23-2/h4-7,9,11-12H,3,8,10,13-14H2,1-2H3. The maximum absolute atomic E-state index is 14.2. The molecule has 0 heterocycles. The molecule has 0 unspecified atom stereocenters.